The third-order valence-corrected chi connectivity index (χ3v) is 4.33. The molecule has 2 aliphatic heterocycles. The van der Waals surface area contributed by atoms with Gasteiger partial charge in [0.15, 0.2) is 0 Å². The molecule has 1 unspecified atom stereocenters. The van der Waals surface area contributed by atoms with Crippen LogP contribution in [0.15, 0.2) is 24.3 Å². The third-order valence-electron chi connectivity index (χ3n) is 4.33. The van der Waals surface area contributed by atoms with Gasteiger partial charge in [0.1, 0.15) is 6.04 Å². The smallest absolute Gasteiger partial charge is 0.322 e. The van der Waals surface area contributed by atoms with Crippen molar-refractivity contribution in [3.8, 4) is 0 Å². The highest BCUT2D eigenvalue weighted by atomic mass is 16.2. The van der Waals surface area contributed by atoms with Crippen LogP contribution in [0.1, 0.15) is 31.2 Å². The summed E-state index contributed by atoms with van der Waals surface area (Å²) in [7, 11) is 0. The quantitative estimate of drug-likeness (QED) is 0.650. The van der Waals surface area contributed by atoms with Gasteiger partial charge in [0, 0.05) is 31.6 Å². The second-order valence-corrected chi connectivity index (χ2v) is 6.15. The minimum absolute atomic E-state index is 0.143. The van der Waals surface area contributed by atoms with E-state index < -0.39 is 18.0 Å². The lowest BCUT2D eigenvalue weighted by molar-refractivity contribution is -0.122. The molecule has 5 amide bonds. The van der Waals surface area contributed by atoms with Crippen LogP contribution in [0.2, 0.25) is 0 Å². The summed E-state index contributed by atoms with van der Waals surface area (Å²) in [5.41, 5.74) is 1.80. The van der Waals surface area contributed by atoms with Gasteiger partial charge in [-0.1, -0.05) is 12.1 Å². The molecular formula is C17H20N4O4. The van der Waals surface area contributed by atoms with Crippen molar-refractivity contribution in [3.05, 3.63) is 29.8 Å². The molecule has 0 aliphatic carbocycles. The zero-order valence-corrected chi connectivity index (χ0v) is 13.7. The monoisotopic (exact) mass is 344 g/mol. The number of carbonyl (C=O) groups excluding carboxylic acids is 4. The molecule has 8 nitrogen and oxygen atoms in total. The van der Waals surface area contributed by atoms with E-state index in [2.05, 4.69) is 16.0 Å². The number of imide groups is 1. The van der Waals surface area contributed by atoms with Gasteiger partial charge in [0.2, 0.25) is 11.8 Å². The fourth-order valence-corrected chi connectivity index (χ4v) is 2.94. The van der Waals surface area contributed by atoms with E-state index in [1.165, 1.54) is 0 Å². The minimum atomic E-state index is -0.643. The number of nitrogens with zero attached hydrogens (tertiary/aromatic N) is 1. The van der Waals surface area contributed by atoms with E-state index in [4.69, 9.17) is 0 Å². The lowest BCUT2D eigenvalue weighted by Crippen LogP contribution is -2.31. The Labute approximate surface area is 144 Å². The fourth-order valence-electron chi connectivity index (χ4n) is 2.94. The maximum atomic E-state index is 11.9. The Hall–Kier alpha value is -2.90. The Kier molecular flexibility index (Phi) is 4.97. The average molecular weight is 344 g/mol. The largest absolute Gasteiger partial charge is 0.352 e. The van der Waals surface area contributed by atoms with Crippen molar-refractivity contribution in [1.82, 2.24) is 16.0 Å². The van der Waals surface area contributed by atoms with Crippen LogP contribution in [0.25, 0.3) is 0 Å². The summed E-state index contributed by atoms with van der Waals surface area (Å²) < 4.78 is 0. The number of hydrogen-bond acceptors (Lipinski definition) is 4. The maximum absolute atomic E-state index is 11.9. The van der Waals surface area contributed by atoms with E-state index >= 15 is 0 Å². The number of anilines is 1. The van der Waals surface area contributed by atoms with E-state index in [1.807, 2.05) is 24.3 Å². The summed E-state index contributed by atoms with van der Waals surface area (Å²) in [6, 6.07) is 6.35. The van der Waals surface area contributed by atoms with E-state index in [0.29, 0.717) is 13.0 Å². The zero-order valence-electron chi connectivity index (χ0n) is 13.7. The van der Waals surface area contributed by atoms with Gasteiger partial charge >= 0.3 is 6.03 Å². The highest BCUT2D eigenvalue weighted by Crippen LogP contribution is 2.21. The molecule has 3 rings (SSSR count). The predicted molar refractivity (Wildman–Crippen MR) is 89.6 cm³/mol. The van der Waals surface area contributed by atoms with E-state index in [0.717, 1.165) is 24.2 Å². The van der Waals surface area contributed by atoms with E-state index in [9.17, 15) is 19.2 Å². The van der Waals surface area contributed by atoms with E-state index in [1.54, 1.807) is 4.90 Å². The Morgan fingerprint density at radius 2 is 1.96 bits per heavy atom. The molecule has 1 atom stereocenters. The van der Waals surface area contributed by atoms with Gasteiger partial charge in [0.25, 0.3) is 5.91 Å². The van der Waals surface area contributed by atoms with Crippen LogP contribution in [0.4, 0.5) is 10.5 Å². The molecule has 132 valence electrons. The minimum Gasteiger partial charge on any atom is -0.352 e. The Bertz CT molecular complexity index is 701. The number of benzene rings is 1. The Balaban J connectivity index is 1.43. The highest BCUT2D eigenvalue weighted by Gasteiger charge is 2.29. The zero-order chi connectivity index (χ0) is 17.8. The lowest BCUT2D eigenvalue weighted by Gasteiger charge is -2.16. The van der Waals surface area contributed by atoms with Crippen molar-refractivity contribution in [2.24, 2.45) is 0 Å². The molecule has 2 fully saturated rings. The summed E-state index contributed by atoms with van der Waals surface area (Å²) in [6.07, 6.45) is 1.89. The standard InChI is InChI=1S/C17H20N4O4/c22-14(8-7-13-16(24)20-17(25)19-13)18-10-11-3-5-12(6-4-11)21-9-1-2-15(21)23/h3-6,13H,1-2,7-10H2,(H,18,22)(H2,19,20,24,25). The van der Waals surface area contributed by atoms with Gasteiger partial charge in [-0.25, -0.2) is 4.79 Å². The fraction of sp³-hybridized carbons (Fsp3) is 0.412. The molecule has 0 aromatic heterocycles. The SMILES string of the molecule is O=C(CCC1NC(=O)NC1=O)NCc1ccc(N2CCCC2=O)cc1. The highest BCUT2D eigenvalue weighted by molar-refractivity contribution is 6.04. The van der Waals surface area contributed by atoms with Crippen molar-refractivity contribution in [3.63, 3.8) is 0 Å². The molecular weight excluding hydrogens is 324 g/mol. The van der Waals surface area contributed by atoms with Crippen LogP contribution in [-0.4, -0.2) is 36.3 Å². The summed E-state index contributed by atoms with van der Waals surface area (Å²) in [6.45, 7) is 1.12. The van der Waals surface area contributed by atoms with Gasteiger partial charge in [-0.15, -0.1) is 0 Å². The first-order valence-corrected chi connectivity index (χ1v) is 8.30. The molecule has 1 aromatic carbocycles. The number of urea groups is 1. The van der Waals surface area contributed by atoms with Gasteiger partial charge in [0.05, 0.1) is 0 Å². The van der Waals surface area contributed by atoms with Crippen molar-refractivity contribution in [1.29, 1.82) is 0 Å². The molecule has 3 N–H and O–H groups in total. The molecule has 2 aliphatic rings. The normalized spacial score (nSPS) is 19.8. The summed E-state index contributed by atoms with van der Waals surface area (Å²) in [4.78, 5) is 47.7. The number of hydrogen-bond donors (Lipinski definition) is 3. The van der Waals surface area contributed by atoms with Crippen molar-refractivity contribution < 1.29 is 19.2 Å². The topological polar surface area (TPSA) is 108 Å². The molecule has 0 bridgehead atoms. The first kappa shape index (κ1) is 16.9. The third kappa shape index (κ3) is 4.14. The van der Waals surface area contributed by atoms with Crippen molar-refractivity contribution in [2.45, 2.75) is 38.3 Å². The first-order chi connectivity index (χ1) is 12.0. The summed E-state index contributed by atoms with van der Waals surface area (Å²) in [5, 5.41) is 7.37. The summed E-state index contributed by atoms with van der Waals surface area (Å²) >= 11 is 0. The van der Waals surface area contributed by atoms with E-state index in [-0.39, 0.29) is 24.7 Å². The first-order valence-electron chi connectivity index (χ1n) is 8.30. The van der Waals surface area contributed by atoms with Crippen LogP contribution in [-0.2, 0) is 20.9 Å². The van der Waals surface area contributed by atoms with Crippen LogP contribution >= 0.6 is 0 Å². The second kappa shape index (κ2) is 7.33. The van der Waals surface area contributed by atoms with Gasteiger partial charge in [-0.3, -0.25) is 19.7 Å². The average Bonchev–Trinajstić information content (AvgIpc) is 3.16. The van der Waals surface area contributed by atoms with Crippen LogP contribution < -0.4 is 20.9 Å². The second-order valence-electron chi connectivity index (χ2n) is 6.15. The predicted octanol–water partition coefficient (Wildman–Crippen LogP) is 0.418. The molecule has 25 heavy (non-hydrogen) atoms. The number of rotatable bonds is 6. The number of carbonyl (C=O) groups is 4. The molecule has 0 radical (unpaired) electrons. The number of amides is 5. The molecule has 2 saturated heterocycles. The molecule has 2 heterocycles. The molecule has 0 saturated carbocycles. The van der Waals surface area contributed by atoms with Gasteiger partial charge in [-0.2, -0.15) is 0 Å². The molecule has 0 spiro atoms. The maximum Gasteiger partial charge on any atom is 0.322 e. The van der Waals surface area contributed by atoms with Gasteiger partial charge < -0.3 is 15.5 Å². The Morgan fingerprint density at radius 3 is 2.56 bits per heavy atom. The van der Waals surface area contributed by atoms with Crippen molar-refractivity contribution >= 4 is 29.4 Å². The van der Waals surface area contributed by atoms with Gasteiger partial charge in [-0.05, 0) is 30.5 Å². The molecule has 8 heteroatoms. The van der Waals surface area contributed by atoms with Crippen LogP contribution in [0, 0.1) is 0 Å². The number of nitrogens with one attached hydrogen (secondary N) is 3. The lowest BCUT2D eigenvalue weighted by atomic mass is 10.1. The molecule has 1 aromatic rings. The summed E-state index contributed by atoms with van der Waals surface area (Å²) in [5.74, 6) is -0.443. The van der Waals surface area contributed by atoms with Crippen LogP contribution in [0.3, 0.4) is 0 Å². The van der Waals surface area contributed by atoms with Crippen molar-refractivity contribution in [2.75, 3.05) is 11.4 Å². The Morgan fingerprint density at radius 1 is 1.20 bits per heavy atom. The van der Waals surface area contributed by atoms with Crippen LogP contribution in [0.5, 0.6) is 0 Å².